The van der Waals surface area contributed by atoms with Gasteiger partial charge in [0.15, 0.2) is 0 Å². The van der Waals surface area contributed by atoms with Gasteiger partial charge in [-0.25, -0.2) is 15.0 Å². The number of imidazole rings is 1. The van der Waals surface area contributed by atoms with E-state index in [0.29, 0.717) is 6.42 Å². The lowest BCUT2D eigenvalue weighted by Gasteiger charge is -2.11. The summed E-state index contributed by atoms with van der Waals surface area (Å²) < 4.78 is 7.51. The predicted molar refractivity (Wildman–Crippen MR) is 89.1 cm³/mol. The molecule has 0 fully saturated rings. The number of methoxy groups -OCH3 is 1. The molecule has 0 unspecified atom stereocenters. The molecule has 0 radical (unpaired) electrons. The molecule has 0 N–H and O–H groups in total. The van der Waals surface area contributed by atoms with Gasteiger partial charge in [-0.2, -0.15) is 0 Å². The Morgan fingerprint density at radius 3 is 2.74 bits per heavy atom. The van der Waals surface area contributed by atoms with Gasteiger partial charge in [0.2, 0.25) is 0 Å². The fraction of sp³-hybridized carbons (Fsp3) is 0.278. The lowest BCUT2D eigenvalue weighted by Crippen LogP contribution is -2.01. The minimum atomic E-state index is 0.688. The van der Waals surface area contributed by atoms with Crippen molar-refractivity contribution in [1.29, 1.82) is 0 Å². The highest BCUT2D eigenvalue weighted by Crippen LogP contribution is 2.25. The van der Waals surface area contributed by atoms with E-state index in [0.717, 1.165) is 40.6 Å². The molecule has 5 heteroatoms. The molecule has 0 saturated carbocycles. The number of hydrogen-bond donors (Lipinski definition) is 0. The predicted octanol–water partition coefficient (Wildman–Crippen LogP) is 3.13. The second-order valence-corrected chi connectivity index (χ2v) is 5.42. The highest BCUT2D eigenvalue weighted by molar-refractivity contribution is 5.49. The van der Waals surface area contributed by atoms with Crippen LogP contribution >= 0.6 is 0 Å². The van der Waals surface area contributed by atoms with E-state index in [-0.39, 0.29) is 0 Å². The molecule has 0 saturated heterocycles. The van der Waals surface area contributed by atoms with Crippen LogP contribution in [0.25, 0.3) is 5.69 Å². The van der Waals surface area contributed by atoms with E-state index < -0.39 is 0 Å². The lowest BCUT2D eigenvalue weighted by molar-refractivity contribution is 0.412. The molecule has 5 nitrogen and oxygen atoms in total. The standard InChI is InChI=1S/C18H20N4O/c1-4-15-7-8-19-18(21-15)10-14-5-6-16(17(9-14)23-3)22-11-13(2)20-12-22/h5-9,11-12H,4,10H2,1-3H3. The summed E-state index contributed by atoms with van der Waals surface area (Å²) in [5.41, 5.74) is 4.13. The first-order valence-electron chi connectivity index (χ1n) is 7.68. The minimum Gasteiger partial charge on any atom is -0.495 e. The maximum atomic E-state index is 5.54. The van der Waals surface area contributed by atoms with Crippen LogP contribution in [0.15, 0.2) is 43.0 Å². The molecule has 23 heavy (non-hydrogen) atoms. The van der Waals surface area contributed by atoms with Crippen LogP contribution in [0.1, 0.15) is 29.7 Å². The maximum Gasteiger partial charge on any atom is 0.143 e. The van der Waals surface area contributed by atoms with Crippen LogP contribution in [0.5, 0.6) is 5.75 Å². The summed E-state index contributed by atoms with van der Waals surface area (Å²) in [6, 6.07) is 8.11. The van der Waals surface area contributed by atoms with E-state index in [1.54, 1.807) is 13.4 Å². The highest BCUT2D eigenvalue weighted by atomic mass is 16.5. The largest absolute Gasteiger partial charge is 0.495 e. The van der Waals surface area contributed by atoms with Gasteiger partial charge in [0, 0.05) is 24.5 Å². The van der Waals surface area contributed by atoms with E-state index in [4.69, 9.17) is 4.74 Å². The summed E-state index contributed by atoms with van der Waals surface area (Å²) in [6.45, 7) is 4.06. The highest BCUT2D eigenvalue weighted by Gasteiger charge is 2.09. The summed E-state index contributed by atoms with van der Waals surface area (Å²) >= 11 is 0. The van der Waals surface area contributed by atoms with Crippen LogP contribution < -0.4 is 4.74 Å². The van der Waals surface area contributed by atoms with Crippen LogP contribution in [-0.2, 0) is 12.8 Å². The topological polar surface area (TPSA) is 52.8 Å². The maximum absolute atomic E-state index is 5.54. The van der Waals surface area contributed by atoms with Crippen molar-refractivity contribution in [2.75, 3.05) is 7.11 Å². The average molecular weight is 308 g/mol. The molecule has 0 amide bonds. The molecule has 2 heterocycles. The number of hydrogen-bond acceptors (Lipinski definition) is 4. The molecule has 3 aromatic rings. The van der Waals surface area contributed by atoms with E-state index in [1.165, 1.54) is 0 Å². The van der Waals surface area contributed by atoms with Crippen molar-refractivity contribution in [1.82, 2.24) is 19.5 Å². The van der Waals surface area contributed by atoms with E-state index in [1.807, 2.05) is 42.1 Å². The van der Waals surface area contributed by atoms with Crippen molar-refractivity contribution in [2.24, 2.45) is 0 Å². The van der Waals surface area contributed by atoms with Gasteiger partial charge in [-0.1, -0.05) is 13.0 Å². The fourth-order valence-corrected chi connectivity index (χ4v) is 2.50. The van der Waals surface area contributed by atoms with Gasteiger partial charge in [0.25, 0.3) is 0 Å². The first kappa shape index (κ1) is 15.2. The smallest absolute Gasteiger partial charge is 0.143 e. The zero-order chi connectivity index (χ0) is 16.2. The molecule has 0 spiro atoms. The van der Waals surface area contributed by atoms with Crippen molar-refractivity contribution in [3.8, 4) is 11.4 Å². The Labute approximate surface area is 136 Å². The van der Waals surface area contributed by atoms with Crippen molar-refractivity contribution >= 4 is 0 Å². The molecule has 0 aliphatic carbocycles. The normalized spacial score (nSPS) is 10.7. The lowest BCUT2D eigenvalue weighted by atomic mass is 10.1. The number of rotatable bonds is 5. The zero-order valence-corrected chi connectivity index (χ0v) is 13.7. The number of ether oxygens (including phenoxy) is 1. The summed E-state index contributed by atoms with van der Waals surface area (Å²) in [7, 11) is 1.68. The summed E-state index contributed by atoms with van der Waals surface area (Å²) in [6.07, 6.45) is 7.19. The molecule has 2 aromatic heterocycles. The molecule has 118 valence electrons. The van der Waals surface area contributed by atoms with Gasteiger partial charge in [0.05, 0.1) is 24.8 Å². The van der Waals surface area contributed by atoms with Crippen LogP contribution in [0.4, 0.5) is 0 Å². The van der Waals surface area contributed by atoms with Gasteiger partial charge in [-0.3, -0.25) is 0 Å². The molecular formula is C18H20N4O. The van der Waals surface area contributed by atoms with E-state index >= 15 is 0 Å². The molecule has 0 bridgehead atoms. The van der Waals surface area contributed by atoms with Gasteiger partial charge in [-0.15, -0.1) is 0 Å². The summed E-state index contributed by atoms with van der Waals surface area (Å²) in [4.78, 5) is 13.2. The molecule has 3 rings (SSSR count). The average Bonchev–Trinajstić information content (AvgIpc) is 3.01. The number of nitrogens with zero attached hydrogens (tertiary/aromatic N) is 4. The first-order valence-corrected chi connectivity index (χ1v) is 7.68. The summed E-state index contributed by atoms with van der Waals surface area (Å²) in [5.74, 6) is 1.64. The fourth-order valence-electron chi connectivity index (χ4n) is 2.50. The van der Waals surface area contributed by atoms with E-state index in [9.17, 15) is 0 Å². The van der Waals surface area contributed by atoms with Gasteiger partial charge in [0.1, 0.15) is 11.6 Å². The Morgan fingerprint density at radius 1 is 1.17 bits per heavy atom. The Hall–Kier alpha value is -2.69. The second-order valence-electron chi connectivity index (χ2n) is 5.42. The van der Waals surface area contributed by atoms with Gasteiger partial charge >= 0.3 is 0 Å². The Morgan fingerprint density at radius 2 is 2.04 bits per heavy atom. The Balaban J connectivity index is 1.89. The van der Waals surface area contributed by atoms with Crippen LogP contribution in [-0.4, -0.2) is 26.6 Å². The van der Waals surface area contributed by atoms with Crippen molar-refractivity contribution in [2.45, 2.75) is 26.7 Å². The molecule has 1 aromatic carbocycles. The van der Waals surface area contributed by atoms with Crippen LogP contribution in [0.3, 0.4) is 0 Å². The third kappa shape index (κ3) is 3.39. The monoisotopic (exact) mass is 308 g/mol. The first-order chi connectivity index (χ1) is 11.2. The molecule has 0 aliphatic rings. The van der Waals surface area contributed by atoms with Crippen LogP contribution in [0.2, 0.25) is 0 Å². The Bertz CT molecular complexity index is 810. The van der Waals surface area contributed by atoms with Gasteiger partial charge in [-0.05, 0) is 37.1 Å². The second kappa shape index (κ2) is 6.60. The number of benzene rings is 1. The van der Waals surface area contributed by atoms with Crippen LogP contribution in [0, 0.1) is 6.92 Å². The third-order valence-electron chi connectivity index (χ3n) is 3.72. The van der Waals surface area contributed by atoms with Crippen molar-refractivity contribution < 1.29 is 4.74 Å². The molecular weight excluding hydrogens is 288 g/mol. The number of aryl methyl sites for hydroxylation is 2. The zero-order valence-electron chi connectivity index (χ0n) is 13.7. The molecule has 0 aliphatic heterocycles. The van der Waals surface area contributed by atoms with Crippen molar-refractivity contribution in [3.05, 3.63) is 65.8 Å². The number of aromatic nitrogens is 4. The SMILES string of the molecule is CCc1ccnc(Cc2ccc(-n3cnc(C)c3)c(OC)c2)n1. The Kier molecular flexibility index (Phi) is 4.37. The third-order valence-corrected chi connectivity index (χ3v) is 3.72. The molecule has 0 atom stereocenters. The minimum absolute atomic E-state index is 0.688. The van der Waals surface area contributed by atoms with Gasteiger partial charge < -0.3 is 9.30 Å². The summed E-state index contributed by atoms with van der Waals surface area (Å²) in [5, 5.41) is 0. The van der Waals surface area contributed by atoms with E-state index in [2.05, 4.69) is 27.9 Å². The van der Waals surface area contributed by atoms with Crippen molar-refractivity contribution in [3.63, 3.8) is 0 Å². The quantitative estimate of drug-likeness (QED) is 0.726.